The molecule has 3 rings (SSSR count). The second-order valence-electron chi connectivity index (χ2n) is 6.75. The van der Waals surface area contributed by atoms with Crippen molar-refractivity contribution >= 4 is 38.3 Å². The van der Waals surface area contributed by atoms with Crippen molar-refractivity contribution in [2.45, 2.75) is 43.2 Å². The summed E-state index contributed by atoms with van der Waals surface area (Å²) < 4.78 is 60.6. The highest BCUT2D eigenvalue weighted by atomic mass is 32.2. The minimum Gasteiger partial charge on any atom is -0.386 e. The lowest BCUT2D eigenvalue weighted by atomic mass is 10.1. The molecule has 0 aliphatic heterocycles. The molecule has 0 saturated heterocycles. The van der Waals surface area contributed by atoms with Gasteiger partial charge in [0.05, 0.1) is 27.6 Å². The normalized spacial score (nSPS) is 13.4. The van der Waals surface area contributed by atoms with Crippen LogP contribution in [0.3, 0.4) is 0 Å². The van der Waals surface area contributed by atoms with E-state index in [0.29, 0.717) is 21.3 Å². The molecule has 12 heteroatoms. The fourth-order valence-electron chi connectivity index (χ4n) is 2.71. The third-order valence-electron chi connectivity index (χ3n) is 4.24. The maximum atomic E-state index is 12.6. The number of hydrogen-bond donors (Lipinski definition) is 1. The van der Waals surface area contributed by atoms with E-state index in [0.717, 1.165) is 22.7 Å². The van der Waals surface area contributed by atoms with Crippen molar-refractivity contribution in [1.29, 1.82) is 0 Å². The summed E-state index contributed by atoms with van der Waals surface area (Å²) in [5.41, 5.74) is -3.57. The smallest absolute Gasteiger partial charge is 0.386 e. The Balaban J connectivity index is 1.67. The average molecular weight is 491 g/mol. The summed E-state index contributed by atoms with van der Waals surface area (Å²) in [6.07, 6.45) is -0.712. The van der Waals surface area contributed by atoms with Crippen molar-refractivity contribution in [3.63, 3.8) is 0 Å². The number of halogens is 3. The first-order valence-electron chi connectivity index (χ1n) is 8.90. The number of rotatable bonds is 7. The topological polar surface area (TPSA) is 97.2 Å². The monoisotopic (exact) mass is 490 g/mol. The molecule has 166 valence electrons. The van der Waals surface area contributed by atoms with Crippen LogP contribution in [0.15, 0.2) is 34.5 Å². The van der Waals surface area contributed by atoms with E-state index >= 15 is 0 Å². The second kappa shape index (κ2) is 8.77. The SMILES string of the molecule is Cc1nc(C(C)O)sc1-c1csc(CC(=O)Cc2ccc(S(=O)(=O)C(F)(F)F)cc2)n1. The van der Waals surface area contributed by atoms with Crippen LogP contribution in [-0.2, 0) is 27.5 Å². The van der Waals surface area contributed by atoms with Gasteiger partial charge in [-0.3, -0.25) is 4.79 Å². The van der Waals surface area contributed by atoms with Crippen molar-refractivity contribution in [3.05, 3.63) is 50.9 Å². The number of carbonyl (C=O) groups is 1. The van der Waals surface area contributed by atoms with Crippen LogP contribution in [0.2, 0.25) is 0 Å². The lowest BCUT2D eigenvalue weighted by Gasteiger charge is -2.08. The first-order chi connectivity index (χ1) is 14.4. The van der Waals surface area contributed by atoms with Crippen molar-refractivity contribution in [3.8, 4) is 10.6 Å². The number of benzene rings is 1. The molecule has 31 heavy (non-hydrogen) atoms. The highest BCUT2D eigenvalue weighted by Crippen LogP contribution is 2.33. The number of aliphatic hydroxyl groups excluding tert-OH is 1. The number of nitrogens with zero attached hydrogens (tertiary/aromatic N) is 2. The zero-order valence-corrected chi connectivity index (χ0v) is 18.8. The molecule has 1 aromatic carbocycles. The molecule has 0 amide bonds. The standard InChI is InChI=1S/C19H17F3N2O4S3/c1-10-17(30-18(23-10)11(2)25)15-9-29-16(24-15)8-13(26)7-12-3-5-14(6-4-12)31(27,28)19(20,21)22/h3-6,9,11,25H,7-8H2,1-2H3. The Kier molecular flexibility index (Phi) is 6.65. The fourth-order valence-corrected chi connectivity index (χ4v) is 5.32. The van der Waals surface area contributed by atoms with Gasteiger partial charge in [0.25, 0.3) is 9.84 Å². The molecule has 2 aromatic heterocycles. The Hall–Kier alpha value is -2.15. The van der Waals surface area contributed by atoms with Gasteiger partial charge >= 0.3 is 5.51 Å². The number of aryl methyl sites for hydroxylation is 1. The minimum absolute atomic E-state index is 0.0361. The first kappa shape index (κ1) is 23.5. The molecule has 0 saturated carbocycles. The molecular formula is C19H17F3N2O4S3. The van der Waals surface area contributed by atoms with E-state index in [1.165, 1.54) is 34.8 Å². The van der Waals surface area contributed by atoms with Crippen LogP contribution in [0.1, 0.15) is 34.3 Å². The molecule has 0 aliphatic rings. The van der Waals surface area contributed by atoms with Gasteiger partial charge in [0.15, 0.2) is 0 Å². The van der Waals surface area contributed by atoms with E-state index in [9.17, 15) is 31.5 Å². The Labute approximate surface area is 184 Å². The number of sulfone groups is 1. The third kappa shape index (κ3) is 5.20. The van der Waals surface area contributed by atoms with Gasteiger partial charge in [-0.05, 0) is 31.5 Å². The quantitative estimate of drug-likeness (QED) is 0.531. The van der Waals surface area contributed by atoms with Gasteiger partial charge in [-0.15, -0.1) is 22.7 Å². The highest BCUT2D eigenvalue weighted by Gasteiger charge is 2.46. The number of alkyl halides is 3. The Morgan fingerprint density at radius 3 is 2.35 bits per heavy atom. The molecule has 1 unspecified atom stereocenters. The summed E-state index contributed by atoms with van der Waals surface area (Å²) in [6.45, 7) is 3.43. The zero-order chi connectivity index (χ0) is 23.0. The number of aliphatic hydroxyl groups is 1. The van der Waals surface area contributed by atoms with Crippen LogP contribution < -0.4 is 0 Å². The number of ketones is 1. The van der Waals surface area contributed by atoms with E-state index in [-0.39, 0.29) is 18.6 Å². The summed E-state index contributed by atoms with van der Waals surface area (Å²) in [6, 6.07) is 4.09. The van der Waals surface area contributed by atoms with Gasteiger partial charge in [-0.1, -0.05) is 12.1 Å². The maximum absolute atomic E-state index is 12.6. The summed E-state index contributed by atoms with van der Waals surface area (Å²) in [5.74, 6) is -0.210. The third-order valence-corrected chi connectivity index (χ3v) is 7.94. The molecular weight excluding hydrogens is 473 g/mol. The predicted molar refractivity (Wildman–Crippen MR) is 111 cm³/mol. The van der Waals surface area contributed by atoms with E-state index in [4.69, 9.17) is 0 Å². The van der Waals surface area contributed by atoms with Crippen LogP contribution in [0, 0.1) is 6.92 Å². The molecule has 0 spiro atoms. The van der Waals surface area contributed by atoms with Gasteiger partial charge in [0, 0.05) is 11.8 Å². The van der Waals surface area contributed by atoms with Gasteiger partial charge in [-0.2, -0.15) is 13.2 Å². The van der Waals surface area contributed by atoms with Crippen molar-refractivity contribution in [2.24, 2.45) is 0 Å². The second-order valence-corrected chi connectivity index (χ2v) is 10.7. The van der Waals surface area contributed by atoms with Gasteiger partial charge in [0.1, 0.15) is 21.9 Å². The number of carbonyl (C=O) groups excluding carboxylic acids is 1. The summed E-state index contributed by atoms with van der Waals surface area (Å²) >= 11 is 2.63. The number of aromatic nitrogens is 2. The number of thiazole rings is 2. The number of hydrogen-bond acceptors (Lipinski definition) is 8. The van der Waals surface area contributed by atoms with Crippen LogP contribution in [0.25, 0.3) is 10.6 Å². The Morgan fingerprint density at radius 1 is 1.16 bits per heavy atom. The van der Waals surface area contributed by atoms with E-state index in [1.54, 1.807) is 12.3 Å². The predicted octanol–water partition coefficient (Wildman–Crippen LogP) is 4.28. The lowest BCUT2D eigenvalue weighted by Crippen LogP contribution is -2.23. The molecule has 0 aliphatic carbocycles. The van der Waals surface area contributed by atoms with Crippen molar-refractivity contribution in [2.75, 3.05) is 0 Å². The number of Topliss-reactive ketones (excluding diaryl/α,β-unsaturated/α-hetero) is 1. The Morgan fingerprint density at radius 2 is 1.81 bits per heavy atom. The minimum atomic E-state index is -5.41. The van der Waals surface area contributed by atoms with Gasteiger partial charge in [0.2, 0.25) is 0 Å². The fraction of sp³-hybridized carbons (Fsp3) is 0.316. The Bertz CT molecular complexity index is 1200. The zero-order valence-electron chi connectivity index (χ0n) is 16.3. The first-order valence-corrected chi connectivity index (χ1v) is 12.1. The molecule has 0 fully saturated rings. The van der Waals surface area contributed by atoms with Gasteiger partial charge in [-0.25, -0.2) is 18.4 Å². The van der Waals surface area contributed by atoms with E-state index in [1.807, 2.05) is 6.92 Å². The molecule has 0 radical (unpaired) electrons. The lowest BCUT2D eigenvalue weighted by molar-refractivity contribution is -0.117. The van der Waals surface area contributed by atoms with E-state index < -0.39 is 26.3 Å². The molecule has 2 heterocycles. The van der Waals surface area contributed by atoms with Gasteiger partial charge < -0.3 is 5.11 Å². The van der Waals surface area contributed by atoms with Crippen LogP contribution in [0.4, 0.5) is 13.2 Å². The maximum Gasteiger partial charge on any atom is 0.501 e. The highest BCUT2D eigenvalue weighted by molar-refractivity contribution is 7.92. The molecule has 0 bridgehead atoms. The van der Waals surface area contributed by atoms with Crippen LogP contribution in [-0.4, -0.2) is 34.8 Å². The summed E-state index contributed by atoms with van der Waals surface area (Å²) in [7, 11) is -5.41. The summed E-state index contributed by atoms with van der Waals surface area (Å²) in [4.78, 5) is 21.1. The molecule has 1 atom stereocenters. The largest absolute Gasteiger partial charge is 0.501 e. The summed E-state index contributed by atoms with van der Waals surface area (Å²) in [5, 5.41) is 12.6. The van der Waals surface area contributed by atoms with Crippen LogP contribution >= 0.6 is 22.7 Å². The van der Waals surface area contributed by atoms with Crippen molar-refractivity contribution in [1.82, 2.24) is 9.97 Å². The molecule has 1 N–H and O–H groups in total. The van der Waals surface area contributed by atoms with Crippen molar-refractivity contribution < 1.29 is 31.5 Å². The molecule has 3 aromatic rings. The van der Waals surface area contributed by atoms with Crippen LogP contribution in [0.5, 0.6) is 0 Å². The van der Waals surface area contributed by atoms with E-state index in [2.05, 4.69) is 9.97 Å². The molecule has 6 nitrogen and oxygen atoms in total. The average Bonchev–Trinajstić information content (AvgIpc) is 3.27.